The van der Waals surface area contributed by atoms with Gasteiger partial charge in [-0.05, 0) is 39.1 Å². The molecule has 5 nitrogen and oxygen atoms in total. The molecular weight excluding hydrogens is 276 g/mol. The number of nitrogens with one attached hydrogen (secondary N) is 1. The smallest absolute Gasteiger partial charge is 0.122 e. The second-order valence-electron chi connectivity index (χ2n) is 5.66. The first kappa shape index (κ1) is 16.8. The Hall–Kier alpha value is -1.59. The standard InChI is InChI=1S/C17H28N4O/c1-6-21(7-2)16(17-9-8-10-22-17)12-18-11-15-13(3)19-20(5)14(15)4/h8-10,16,18H,6-7,11-12H2,1-5H3. The Morgan fingerprint density at radius 3 is 2.55 bits per heavy atom. The highest BCUT2D eigenvalue weighted by atomic mass is 16.3. The van der Waals surface area contributed by atoms with E-state index in [4.69, 9.17) is 4.42 Å². The molecule has 2 rings (SSSR count). The minimum atomic E-state index is 0.266. The van der Waals surface area contributed by atoms with Gasteiger partial charge >= 0.3 is 0 Å². The number of hydrogen-bond donors (Lipinski definition) is 1. The molecule has 0 aliphatic carbocycles. The van der Waals surface area contributed by atoms with E-state index in [1.165, 1.54) is 11.3 Å². The van der Waals surface area contributed by atoms with Crippen LogP contribution < -0.4 is 5.32 Å². The van der Waals surface area contributed by atoms with Crippen LogP contribution in [-0.4, -0.2) is 34.3 Å². The summed E-state index contributed by atoms with van der Waals surface area (Å²) >= 11 is 0. The highest BCUT2D eigenvalue weighted by Crippen LogP contribution is 2.20. The summed E-state index contributed by atoms with van der Waals surface area (Å²) < 4.78 is 7.58. The molecule has 1 atom stereocenters. The molecule has 122 valence electrons. The van der Waals surface area contributed by atoms with Crippen molar-refractivity contribution in [1.82, 2.24) is 20.0 Å². The molecule has 0 bridgehead atoms. The number of furan rings is 1. The zero-order valence-electron chi connectivity index (χ0n) is 14.4. The first-order valence-electron chi connectivity index (χ1n) is 8.05. The predicted octanol–water partition coefficient (Wildman–Crippen LogP) is 2.80. The summed E-state index contributed by atoms with van der Waals surface area (Å²) in [7, 11) is 1.99. The Bertz CT molecular complexity index is 570. The van der Waals surface area contributed by atoms with Gasteiger partial charge in [0.1, 0.15) is 5.76 Å². The van der Waals surface area contributed by atoms with E-state index < -0.39 is 0 Å². The number of likely N-dealkylation sites (N-methyl/N-ethyl adjacent to an activating group) is 1. The molecule has 0 fully saturated rings. The molecule has 0 radical (unpaired) electrons. The van der Waals surface area contributed by atoms with Gasteiger partial charge in [0, 0.05) is 31.4 Å². The van der Waals surface area contributed by atoms with Crippen molar-refractivity contribution in [2.24, 2.45) is 7.05 Å². The molecule has 2 heterocycles. The lowest BCUT2D eigenvalue weighted by molar-refractivity contribution is 0.188. The van der Waals surface area contributed by atoms with Crippen LogP contribution in [0.2, 0.25) is 0 Å². The van der Waals surface area contributed by atoms with Gasteiger partial charge in [0.25, 0.3) is 0 Å². The number of rotatable bonds is 8. The van der Waals surface area contributed by atoms with Crippen LogP contribution >= 0.6 is 0 Å². The normalized spacial score (nSPS) is 13.0. The SMILES string of the molecule is CCN(CC)C(CNCc1c(C)nn(C)c1C)c1ccco1. The van der Waals surface area contributed by atoms with E-state index >= 15 is 0 Å². The van der Waals surface area contributed by atoms with Gasteiger partial charge in [-0.1, -0.05) is 13.8 Å². The van der Waals surface area contributed by atoms with Crippen molar-refractivity contribution in [3.63, 3.8) is 0 Å². The fraction of sp³-hybridized carbons (Fsp3) is 0.588. The molecule has 1 unspecified atom stereocenters. The Balaban J connectivity index is 2.02. The molecule has 0 aliphatic heterocycles. The lowest BCUT2D eigenvalue weighted by Gasteiger charge is -2.28. The van der Waals surface area contributed by atoms with Crippen LogP contribution in [0, 0.1) is 13.8 Å². The average Bonchev–Trinajstić information content (AvgIpc) is 3.10. The maximum absolute atomic E-state index is 5.64. The summed E-state index contributed by atoms with van der Waals surface area (Å²) in [6.45, 7) is 12.3. The first-order valence-corrected chi connectivity index (χ1v) is 8.05. The quantitative estimate of drug-likeness (QED) is 0.814. The third-order valence-corrected chi connectivity index (χ3v) is 4.42. The molecule has 0 amide bonds. The second kappa shape index (κ2) is 7.61. The summed E-state index contributed by atoms with van der Waals surface area (Å²) in [5.74, 6) is 1.02. The molecule has 2 aromatic rings. The van der Waals surface area contributed by atoms with Crippen LogP contribution in [0.25, 0.3) is 0 Å². The number of aromatic nitrogens is 2. The van der Waals surface area contributed by atoms with E-state index in [0.29, 0.717) is 0 Å². The summed E-state index contributed by atoms with van der Waals surface area (Å²) in [5, 5.41) is 8.05. The van der Waals surface area contributed by atoms with Crippen LogP contribution in [0.4, 0.5) is 0 Å². The molecule has 22 heavy (non-hydrogen) atoms. The molecule has 5 heteroatoms. The van der Waals surface area contributed by atoms with E-state index in [1.807, 2.05) is 17.8 Å². The monoisotopic (exact) mass is 304 g/mol. The van der Waals surface area contributed by atoms with Crippen LogP contribution in [0.5, 0.6) is 0 Å². The molecule has 0 aromatic carbocycles. The zero-order chi connectivity index (χ0) is 16.1. The molecular formula is C17H28N4O. The number of nitrogens with zero attached hydrogens (tertiary/aromatic N) is 3. The number of hydrogen-bond acceptors (Lipinski definition) is 4. The Kier molecular flexibility index (Phi) is 5.80. The molecule has 2 aromatic heterocycles. The van der Waals surface area contributed by atoms with Crippen LogP contribution in [0.1, 0.15) is 42.6 Å². The Morgan fingerprint density at radius 2 is 2.05 bits per heavy atom. The van der Waals surface area contributed by atoms with Crippen molar-refractivity contribution in [2.75, 3.05) is 19.6 Å². The summed E-state index contributed by atoms with van der Waals surface area (Å²) in [4.78, 5) is 2.41. The summed E-state index contributed by atoms with van der Waals surface area (Å²) in [5.41, 5.74) is 3.62. The van der Waals surface area contributed by atoms with Gasteiger partial charge in [-0.15, -0.1) is 0 Å². The van der Waals surface area contributed by atoms with E-state index in [2.05, 4.69) is 49.1 Å². The summed E-state index contributed by atoms with van der Waals surface area (Å²) in [6.07, 6.45) is 1.75. The Labute approximate surface area is 133 Å². The van der Waals surface area contributed by atoms with Crippen molar-refractivity contribution < 1.29 is 4.42 Å². The second-order valence-corrected chi connectivity index (χ2v) is 5.66. The highest BCUT2D eigenvalue weighted by Gasteiger charge is 2.20. The van der Waals surface area contributed by atoms with Crippen molar-refractivity contribution in [3.05, 3.63) is 41.1 Å². The average molecular weight is 304 g/mol. The Morgan fingerprint density at radius 1 is 1.32 bits per heavy atom. The van der Waals surface area contributed by atoms with Crippen molar-refractivity contribution >= 4 is 0 Å². The van der Waals surface area contributed by atoms with Crippen molar-refractivity contribution in [3.8, 4) is 0 Å². The molecule has 0 saturated heterocycles. The first-order chi connectivity index (χ1) is 10.6. The van der Waals surface area contributed by atoms with Gasteiger partial charge < -0.3 is 9.73 Å². The third kappa shape index (κ3) is 3.59. The van der Waals surface area contributed by atoms with Gasteiger partial charge in [-0.3, -0.25) is 9.58 Å². The third-order valence-electron chi connectivity index (χ3n) is 4.42. The molecule has 0 saturated carbocycles. The minimum Gasteiger partial charge on any atom is -0.468 e. The van der Waals surface area contributed by atoms with Gasteiger partial charge in [-0.2, -0.15) is 5.10 Å². The minimum absolute atomic E-state index is 0.266. The van der Waals surface area contributed by atoms with Crippen molar-refractivity contribution in [1.29, 1.82) is 0 Å². The lowest BCUT2D eigenvalue weighted by atomic mass is 10.1. The largest absolute Gasteiger partial charge is 0.468 e. The van der Waals surface area contributed by atoms with E-state index in [1.54, 1.807) is 6.26 Å². The summed E-state index contributed by atoms with van der Waals surface area (Å²) in [6, 6.07) is 4.29. The maximum atomic E-state index is 5.64. The van der Waals surface area contributed by atoms with Crippen LogP contribution in [0.3, 0.4) is 0 Å². The zero-order valence-corrected chi connectivity index (χ0v) is 14.4. The van der Waals surface area contributed by atoms with Crippen LogP contribution in [-0.2, 0) is 13.6 Å². The molecule has 0 spiro atoms. The van der Waals surface area contributed by atoms with Gasteiger partial charge in [0.15, 0.2) is 0 Å². The van der Waals surface area contributed by atoms with Gasteiger partial charge in [-0.25, -0.2) is 0 Å². The van der Waals surface area contributed by atoms with Crippen molar-refractivity contribution in [2.45, 2.75) is 40.3 Å². The van der Waals surface area contributed by atoms with E-state index in [9.17, 15) is 0 Å². The van der Waals surface area contributed by atoms with E-state index in [0.717, 1.165) is 37.6 Å². The predicted molar refractivity (Wildman–Crippen MR) is 88.8 cm³/mol. The lowest BCUT2D eigenvalue weighted by Crippen LogP contribution is -2.35. The maximum Gasteiger partial charge on any atom is 0.122 e. The topological polar surface area (TPSA) is 46.2 Å². The van der Waals surface area contributed by atoms with Gasteiger partial charge in [0.05, 0.1) is 18.0 Å². The van der Waals surface area contributed by atoms with E-state index in [-0.39, 0.29) is 6.04 Å². The highest BCUT2D eigenvalue weighted by molar-refractivity contribution is 5.24. The van der Waals surface area contributed by atoms with Gasteiger partial charge in [0.2, 0.25) is 0 Å². The molecule has 0 aliphatic rings. The fourth-order valence-electron chi connectivity index (χ4n) is 2.96. The number of aryl methyl sites for hydroxylation is 2. The van der Waals surface area contributed by atoms with Crippen LogP contribution in [0.15, 0.2) is 22.8 Å². The fourth-order valence-corrected chi connectivity index (χ4v) is 2.96. The molecule has 1 N–H and O–H groups in total.